The second kappa shape index (κ2) is 7.75. The summed E-state index contributed by atoms with van der Waals surface area (Å²) < 4.78 is 5.57. The molecule has 4 nitrogen and oxygen atoms in total. The lowest BCUT2D eigenvalue weighted by Crippen LogP contribution is -2.44. The van der Waals surface area contributed by atoms with Crippen molar-refractivity contribution in [2.75, 3.05) is 26.2 Å². The third kappa shape index (κ3) is 4.31. The molecule has 2 saturated heterocycles. The largest absolute Gasteiger partial charge is 0.376 e. The summed E-state index contributed by atoms with van der Waals surface area (Å²) in [5, 5.41) is 3.09. The van der Waals surface area contributed by atoms with Crippen molar-refractivity contribution in [2.45, 2.75) is 38.3 Å². The molecule has 0 aliphatic carbocycles. The van der Waals surface area contributed by atoms with Crippen LogP contribution in [0.1, 0.15) is 31.2 Å². The van der Waals surface area contributed by atoms with Gasteiger partial charge in [-0.2, -0.15) is 0 Å². The van der Waals surface area contributed by atoms with E-state index in [9.17, 15) is 4.79 Å². The lowest BCUT2D eigenvalue weighted by Gasteiger charge is -2.32. The Hall–Kier alpha value is -1.39. The number of rotatable bonds is 5. The number of likely N-dealkylation sites (tertiary alicyclic amines) is 1. The van der Waals surface area contributed by atoms with Gasteiger partial charge in [-0.15, -0.1) is 0 Å². The summed E-state index contributed by atoms with van der Waals surface area (Å²) in [5.41, 5.74) is 1.32. The molecular weight excluding hydrogens is 276 g/mol. The quantitative estimate of drug-likeness (QED) is 0.906. The first-order valence-corrected chi connectivity index (χ1v) is 8.47. The zero-order valence-electron chi connectivity index (χ0n) is 13.2. The predicted octanol–water partition coefficient (Wildman–Crippen LogP) is 2.19. The fourth-order valence-electron chi connectivity index (χ4n) is 3.42. The van der Waals surface area contributed by atoms with Gasteiger partial charge >= 0.3 is 0 Å². The second-order valence-electron chi connectivity index (χ2n) is 6.44. The Morgan fingerprint density at radius 3 is 2.86 bits per heavy atom. The molecule has 1 aromatic carbocycles. The standard InChI is InChI=1S/C18H26N2O2/c21-18(19-12-17-9-5-11-22-17)16-8-4-10-20(14-16)13-15-6-2-1-3-7-15/h1-3,6-7,16-17H,4-5,8-14H2,(H,19,21)/t16-,17+/m1/s1. The molecule has 2 fully saturated rings. The van der Waals surface area contributed by atoms with E-state index in [4.69, 9.17) is 4.74 Å². The molecule has 0 aromatic heterocycles. The molecule has 3 rings (SSSR count). The van der Waals surface area contributed by atoms with E-state index in [1.165, 1.54) is 5.56 Å². The van der Waals surface area contributed by atoms with Crippen LogP contribution < -0.4 is 5.32 Å². The van der Waals surface area contributed by atoms with Gasteiger partial charge < -0.3 is 10.1 Å². The van der Waals surface area contributed by atoms with Crippen LogP contribution in [-0.4, -0.2) is 43.2 Å². The van der Waals surface area contributed by atoms with Crippen molar-refractivity contribution in [2.24, 2.45) is 5.92 Å². The molecule has 0 unspecified atom stereocenters. The highest BCUT2D eigenvalue weighted by molar-refractivity contribution is 5.79. The van der Waals surface area contributed by atoms with Crippen LogP contribution in [0, 0.1) is 5.92 Å². The zero-order chi connectivity index (χ0) is 15.2. The highest BCUT2D eigenvalue weighted by Crippen LogP contribution is 2.19. The minimum Gasteiger partial charge on any atom is -0.376 e. The van der Waals surface area contributed by atoms with Crippen molar-refractivity contribution in [3.05, 3.63) is 35.9 Å². The smallest absolute Gasteiger partial charge is 0.224 e. The molecule has 0 radical (unpaired) electrons. The Balaban J connectivity index is 1.46. The van der Waals surface area contributed by atoms with Gasteiger partial charge in [0.1, 0.15) is 0 Å². The highest BCUT2D eigenvalue weighted by atomic mass is 16.5. The molecule has 1 amide bonds. The normalized spacial score (nSPS) is 26.0. The van der Waals surface area contributed by atoms with Gasteiger partial charge in [-0.1, -0.05) is 30.3 Å². The highest BCUT2D eigenvalue weighted by Gasteiger charge is 2.26. The van der Waals surface area contributed by atoms with Crippen LogP contribution in [0.3, 0.4) is 0 Å². The van der Waals surface area contributed by atoms with Crippen molar-refractivity contribution in [3.8, 4) is 0 Å². The maximum Gasteiger partial charge on any atom is 0.224 e. The van der Waals surface area contributed by atoms with Crippen LogP contribution in [0.2, 0.25) is 0 Å². The first kappa shape index (κ1) is 15.5. The van der Waals surface area contributed by atoms with Gasteiger partial charge in [0.2, 0.25) is 5.91 Å². The van der Waals surface area contributed by atoms with E-state index in [-0.39, 0.29) is 17.9 Å². The molecule has 4 heteroatoms. The van der Waals surface area contributed by atoms with E-state index in [1.54, 1.807) is 0 Å². The number of ether oxygens (including phenoxy) is 1. The van der Waals surface area contributed by atoms with Crippen molar-refractivity contribution in [1.82, 2.24) is 10.2 Å². The predicted molar refractivity (Wildman–Crippen MR) is 86.4 cm³/mol. The third-order valence-corrected chi connectivity index (χ3v) is 4.65. The second-order valence-corrected chi connectivity index (χ2v) is 6.44. The number of carbonyl (C=O) groups excluding carboxylic acids is 1. The lowest BCUT2D eigenvalue weighted by atomic mass is 9.96. The first-order chi connectivity index (χ1) is 10.8. The molecule has 0 bridgehead atoms. The molecule has 0 saturated carbocycles. The van der Waals surface area contributed by atoms with Gasteiger partial charge in [0, 0.05) is 26.2 Å². The number of carbonyl (C=O) groups is 1. The van der Waals surface area contributed by atoms with E-state index in [1.807, 2.05) is 6.07 Å². The summed E-state index contributed by atoms with van der Waals surface area (Å²) in [6.07, 6.45) is 4.53. The molecular formula is C18H26N2O2. The number of amides is 1. The topological polar surface area (TPSA) is 41.6 Å². The number of nitrogens with one attached hydrogen (secondary N) is 1. The molecule has 1 N–H and O–H groups in total. The number of benzene rings is 1. The Morgan fingerprint density at radius 1 is 1.23 bits per heavy atom. The summed E-state index contributed by atoms with van der Waals surface area (Å²) in [5.74, 6) is 0.326. The van der Waals surface area contributed by atoms with Crippen molar-refractivity contribution in [3.63, 3.8) is 0 Å². The van der Waals surface area contributed by atoms with Crippen LogP contribution in [0.15, 0.2) is 30.3 Å². The minimum absolute atomic E-state index is 0.124. The Labute approximate surface area is 132 Å². The van der Waals surface area contributed by atoms with Crippen LogP contribution in [-0.2, 0) is 16.1 Å². The third-order valence-electron chi connectivity index (χ3n) is 4.65. The maximum absolute atomic E-state index is 12.4. The summed E-state index contributed by atoms with van der Waals surface area (Å²) >= 11 is 0. The molecule has 1 aromatic rings. The summed E-state index contributed by atoms with van der Waals surface area (Å²) in [6, 6.07) is 10.5. The number of piperidine rings is 1. The average Bonchev–Trinajstić information content (AvgIpc) is 3.07. The molecule has 0 spiro atoms. The van der Waals surface area contributed by atoms with Crippen molar-refractivity contribution >= 4 is 5.91 Å². The van der Waals surface area contributed by atoms with Crippen LogP contribution >= 0.6 is 0 Å². The molecule has 22 heavy (non-hydrogen) atoms. The van der Waals surface area contributed by atoms with Gasteiger partial charge in [0.05, 0.1) is 12.0 Å². The van der Waals surface area contributed by atoms with Crippen LogP contribution in [0.25, 0.3) is 0 Å². The van der Waals surface area contributed by atoms with Crippen LogP contribution in [0.4, 0.5) is 0 Å². The minimum atomic E-state index is 0.124. The number of nitrogens with zero attached hydrogens (tertiary/aromatic N) is 1. The molecule has 120 valence electrons. The van der Waals surface area contributed by atoms with Gasteiger partial charge in [-0.25, -0.2) is 0 Å². The Kier molecular flexibility index (Phi) is 5.46. The van der Waals surface area contributed by atoms with Gasteiger partial charge in [-0.05, 0) is 37.8 Å². The lowest BCUT2D eigenvalue weighted by molar-refractivity contribution is -0.127. The van der Waals surface area contributed by atoms with E-state index in [0.717, 1.165) is 51.9 Å². The number of hydrogen-bond acceptors (Lipinski definition) is 3. The molecule has 2 atom stereocenters. The average molecular weight is 302 g/mol. The maximum atomic E-state index is 12.4. The molecule has 2 heterocycles. The summed E-state index contributed by atoms with van der Waals surface area (Å²) in [6.45, 7) is 4.41. The van der Waals surface area contributed by atoms with E-state index < -0.39 is 0 Å². The zero-order valence-corrected chi connectivity index (χ0v) is 13.2. The van der Waals surface area contributed by atoms with Gasteiger partial charge in [-0.3, -0.25) is 9.69 Å². The fourth-order valence-corrected chi connectivity index (χ4v) is 3.42. The fraction of sp³-hybridized carbons (Fsp3) is 0.611. The Bertz CT molecular complexity index is 471. The van der Waals surface area contributed by atoms with E-state index in [0.29, 0.717) is 6.54 Å². The van der Waals surface area contributed by atoms with Crippen molar-refractivity contribution < 1.29 is 9.53 Å². The van der Waals surface area contributed by atoms with E-state index >= 15 is 0 Å². The molecule has 2 aliphatic rings. The van der Waals surface area contributed by atoms with Gasteiger partial charge in [0.25, 0.3) is 0 Å². The first-order valence-electron chi connectivity index (χ1n) is 8.47. The monoisotopic (exact) mass is 302 g/mol. The van der Waals surface area contributed by atoms with E-state index in [2.05, 4.69) is 34.5 Å². The van der Waals surface area contributed by atoms with Gasteiger partial charge in [0.15, 0.2) is 0 Å². The van der Waals surface area contributed by atoms with Crippen molar-refractivity contribution in [1.29, 1.82) is 0 Å². The Morgan fingerprint density at radius 2 is 2.09 bits per heavy atom. The van der Waals surface area contributed by atoms with Crippen LogP contribution in [0.5, 0.6) is 0 Å². The number of hydrogen-bond donors (Lipinski definition) is 1. The molecule has 2 aliphatic heterocycles. The SMILES string of the molecule is O=C(NC[C@@H]1CCCO1)[C@@H]1CCCN(Cc2ccccc2)C1. The summed E-state index contributed by atoms with van der Waals surface area (Å²) in [7, 11) is 0. The summed E-state index contributed by atoms with van der Waals surface area (Å²) in [4.78, 5) is 14.8.